The normalized spacial score (nSPS) is 10.3. The van der Waals surface area contributed by atoms with Crippen molar-refractivity contribution in [1.82, 2.24) is 4.90 Å². The first-order valence-electron chi connectivity index (χ1n) is 7.85. The first-order chi connectivity index (χ1) is 11.5. The summed E-state index contributed by atoms with van der Waals surface area (Å²) in [5, 5.41) is 2.78. The summed E-state index contributed by atoms with van der Waals surface area (Å²) >= 11 is 0. The molecule has 0 aromatic heterocycles. The van der Waals surface area contributed by atoms with E-state index in [4.69, 9.17) is 4.74 Å². The molecule has 0 spiro atoms. The summed E-state index contributed by atoms with van der Waals surface area (Å²) in [5.74, 6) is 1.09. The lowest BCUT2D eigenvalue weighted by Crippen LogP contribution is -2.41. The molecule has 126 valence electrons. The van der Waals surface area contributed by atoms with Crippen LogP contribution in [0.3, 0.4) is 0 Å². The maximum Gasteiger partial charge on any atom is 0.244 e. The molecule has 0 radical (unpaired) electrons. The number of carbonyl (C=O) groups is 2. The number of anilines is 1. The number of benzene rings is 2. The maximum atomic E-state index is 12.1. The number of hydrogen-bond acceptors (Lipinski definition) is 3. The van der Waals surface area contributed by atoms with Gasteiger partial charge in [-0.2, -0.15) is 0 Å². The van der Waals surface area contributed by atoms with Gasteiger partial charge in [0.1, 0.15) is 18.0 Å². The topological polar surface area (TPSA) is 58.6 Å². The van der Waals surface area contributed by atoms with Gasteiger partial charge in [-0.1, -0.05) is 18.2 Å². The number of nitrogens with one attached hydrogen (secondary N) is 1. The third-order valence-corrected chi connectivity index (χ3v) is 3.46. The Morgan fingerprint density at radius 2 is 1.58 bits per heavy atom. The molecule has 1 N–H and O–H groups in total. The number of para-hydroxylation sites is 1. The highest BCUT2D eigenvalue weighted by Crippen LogP contribution is 2.22. The predicted molar refractivity (Wildman–Crippen MR) is 94.1 cm³/mol. The molecule has 0 aliphatic carbocycles. The first-order valence-corrected chi connectivity index (χ1v) is 7.85. The van der Waals surface area contributed by atoms with Crippen molar-refractivity contribution < 1.29 is 14.3 Å². The lowest BCUT2D eigenvalue weighted by molar-refractivity contribution is -0.134. The fraction of sp³-hybridized carbons (Fsp3) is 0.263. The summed E-state index contributed by atoms with van der Waals surface area (Å²) in [4.78, 5) is 25.1. The summed E-state index contributed by atoms with van der Waals surface area (Å²) in [6, 6.07) is 16.6. The smallest absolute Gasteiger partial charge is 0.244 e. The van der Waals surface area contributed by atoms with Crippen molar-refractivity contribution in [3.63, 3.8) is 0 Å². The molecule has 2 amide bonds. The number of amides is 2. The van der Waals surface area contributed by atoms with Crippen LogP contribution in [0.15, 0.2) is 54.6 Å². The minimum Gasteiger partial charge on any atom is -0.457 e. The fourth-order valence-corrected chi connectivity index (χ4v) is 2.24. The van der Waals surface area contributed by atoms with E-state index in [1.54, 1.807) is 24.3 Å². The monoisotopic (exact) mass is 326 g/mol. The second-order valence-corrected chi connectivity index (χ2v) is 5.73. The lowest BCUT2D eigenvalue weighted by atomic mass is 10.2. The van der Waals surface area contributed by atoms with E-state index < -0.39 is 0 Å². The molecule has 0 atom stereocenters. The molecule has 2 aromatic rings. The van der Waals surface area contributed by atoms with Gasteiger partial charge in [0, 0.05) is 18.7 Å². The van der Waals surface area contributed by atoms with Gasteiger partial charge in [0.25, 0.3) is 0 Å². The highest BCUT2D eigenvalue weighted by atomic mass is 16.5. The summed E-state index contributed by atoms with van der Waals surface area (Å²) in [6.45, 7) is 5.26. The first kappa shape index (κ1) is 17.5. The van der Waals surface area contributed by atoms with Gasteiger partial charge in [-0.25, -0.2) is 0 Å². The minimum absolute atomic E-state index is 0.0186. The summed E-state index contributed by atoms with van der Waals surface area (Å²) in [7, 11) is 0. The Kier molecular flexibility index (Phi) is 5.95. The average molecular weight is 326 g/mol. The SMILES string of the molecule is CC(=O)N(CC(=O)Nc1ccc(Oc2ccccc2)cc1)C(C)C. The molecule has 0 aliphatic rings. The van der Waals surface area contributed by atoms with E-state index in [0.29, 0.717) is 11.4 Å². The second-order valence-electron chi connectivity index (χ2n) is 5.73. The van der Waals surface area contributed by atoms with E-state index in [-0.39, 0.29) is 24.4 Å². The van der Waals surface area contributed by atoms with Crippen LogP contribution in [0, 0.1) is 0 Å². The predicted octanol–water partition coefficient (Wildman–Crippen LogP) is 3.67. The van der Waals surface area contributed by atoms with E-state index >= 15 is 0 Å². The number of rotatable bonds is 6. The quantitative estimate of drug-likeness (QED) is 0.881. The van der Waals surface area contributed by atoms with E-state index in [0.717, 1.165) is 5.75 Å². The molecule has 0 aliphatic heterocycles. The summed E-state index contributed by atoms with van der Waals surface area (Å²) in [5.41, 5.74) is 0.660. The van der Waals surface area contributed by atoms with Crippen LogP contribution in [0.5, 0.6) is 11.5 Å². The Labute approximate surface area is 142 Å². The molecular weight excluding hydrogens is 304 g/mol. The van der Waals surface area contributed by atoms with E-state index in [2.05, 4.69) is 5.32 Å². The molecule has 0 bridgehead atoms. The molecule has 0 heterocycles. The molecule has 2 aromatic carbocycles. The Bertz CT molecular complexity index is 682. The van der Waals surface area contributed by atoms with Crippen molar-refractivity contribution in [2.75, 3.05) is 11.9 Å². The van der Waals surface area contributed by atoms with Crippen LogP contribution in [-0.4, -0.2) is 29.3 Å². The Morgan fingerprint density at radius 1 is 1.00 bits per heavy atom. The zero-order valence-corrected chi connectivity index (χ0v) is 14.2. The Morgan fingerprint density at radius 3 is 2.12 bits per heavy atom. The number of hydrogen-bond donors (Lipinski definition) is 1. The average Bonchev–Trinajstić information content (AvgIpc) is 2.55. The maximum absolute atomic E-state index is 12.1. The van der Waals surface area contributed by atoms with Crippen molar-refractivity contribution in [3.8, 4) is 11.5 Å². The van der Waals surface area contributed by atoms with Gasteiger partial charge >= 0.3 is 0 Å². The van der Waals surface area contributed by atoms with Gasteiger partial charge in [-0.15, -0.1) is 0 Å². The molecule has 2 rings (SSSR count). The van der Waals surface area contributed by atoms with Crippen LogP contribution in [0.25, 0.3) is 0 Å². The minimum atomic E-state index is -0.226. The second kappa shape index (κ2) is 8.15. The van der Waals surface area contributed by atoms with Crippen LogP contribution in [0.1, 0.15) is 20.8 Å². The number of carbonyl (C=O) groups excluding carboxylic acids is 2. The van der Waals surface area contributed by atoms with Crippen molar-refractivity contribution in [2.45, 2.75) is 26.8 Å². The van der Waals surface area contributed by atoms with E-state index in [1.807, 2.05) is 44.2 Å². The van der Waals surface area contributed by atoms with Gasteiger partial charge in [0.05, 0.1) is 0 Å². The van der Waals surface area contributed by atoms with E-state index in [1.165, 1.54) is 11.8 Å². The van der Waals surface area contributed by atoms with Crippen LogP contribution < -0.4 is 10.1 Å². The van der Waals surface area contributed by atoms with Gasteiger partial charge in [0.15, 0.2) is 0 Å². The standard InChI is InChI=1S/C19H22N2O3/c1-14(2)21(15(3)22)13-19(23)20-16-9-11-18(12-10-16)24-17-7-5-4-6-8-17/h4-12,14H,13H2,1-3H3,(H,20,23). The van der Waals surface area contributed by atoms with Crippen molar-refractivity contribution in [2.24, 2.45) is 0 Å². The van der Waals surface area contributed by atoms with Gasteiger partial charge in [0.2, 0.25) is 11.8 Å². The molecule has 0 fully saturated rings. The molecule has 24 heavy (non-hydrogen) atoms. The summed E-state index contributed by atoms with van der Waals surface area (Å²) < 4.78 is 5.70. The fourth-order valence-electron chi connectivity index (χ4n) is 2.24. The third-order valence-electron chi connectivity index (χ3n) is 3.46. The number of ether oxygens (including phenoxy) is 1. The largest absolute Gasteiger partial charge is 0.457 e. The third kappa shape index (κ3) is 5.12. The van der Waals surface area contributed by atoms with Crippen molar-refractivity contribution >= 4 is 17.5 Å². The zero-order chi connectivity index (χ0) is 17.5. The van der Waals surface area contributed by atoms with Crippen LogP contribution >= 0.6 is 0 Å². The number of nitrogens with zero attached hydrogens (tertiary/aromatic N) is 1. The molecule has 0 unspecified atom stereocenters. The van der Waals surface area contributed by atoms with Gasteiger partial charge in [-0.3, -0.25) is 9.59 Å². The molecule has 5 nitrogen and oxygen atoms in total. The van der Waals surface area contributed by atoms with Crippen molar-refractivity contribution in [3.05, 3.63) is 54.6 Å². The summed E-state index contributed by atoms with van der Waals surface area (Å²) in [6.07, 6.45) is 0. The van der Waals surface area contributed by atoms with Crippen LogP contribution in [-0.2, 0) is 9.59 Å². The Balaban J connectivity index is 1.93. The van der Waals surface area contributed by atoms with Crippen LogP contribution in [0.4, 0.5) is 5.69 Å². The van der Waals surface area contributed by atoms with Gasteiger partial charge in [-0.05, 0) is 50.2 Å². The lowest BCUT2D eigenvalue weighted by Gasteiger charge is -2.24. The molecular formula is C19H22N2O3. The Hall–Kier alpha value is -2.82. The zero-order valence-electron chi connectivity index (χ0n) is 14.2. The van der Waals surface area contributed by atoms with Gasteiger partial charge < -0.3 is 15.0 Å². The van der Waals surface area contributed by atoms with Crippen molar-refractivity contribution in [1.29, 1.82) is 0 Å². The molecule has 5 heteroatoms. The van der Waals surface area contributed by atoms with E-state index in [9.17, 15) is 9.59 Å². The molecule has 0 saturated carbocycles. The highest BCUT2D eigenvalue weighted by molar-refractivity contribution is 5.94. The molecule has 0 saturated heterocycles. The van der Waals surface area contributed by atoms with Crippen LogP contribution in [0.2, 0.25) is 0 Å². The highest BCUT2D eigenvalue weighted by Gasteiger charge is 2.16.